The molecule has 0 aromatic heterocycles. The van der Waals surface area contributed by atoms with Gasteiger partial charge in [0.05, 0.1) is 7.11 Å². The smallest absolute Gasteiger partial charge is 0.326 e. The number of carboxylic acid groups (broad SMARTS) is 1. The van der Waals surface area contributed by atoms with Crippen LogP contribution in [0, 0.1) is 0 Å². The van der Waals surface area contributed by atoms with Crippen LogP contribution in [-0.4, -0.2) is 41.6 Å². The second-order valence-corrected chi connectivity index (χ2v) is 4.60. The number of nitrogens with zero attached hydrogens (tertiary/aromatic N) is 1. The zero-order valence-corrected chi connectivity index (χ0v) is 11.3. The summed E-state index contributed by atoms with van der Waals surface area (Å²) in [5.74, 6) is -0.546. The standard InChI is InChI=1S/C15H17NO4/c1-20-13-7-3-2-5-11(13)8-9-14(17)16-10-4-6-12(16)15(18)19/h2-3,5,7-9,12H,4,6,10H2,1H3,(H,18,19)/b9-8+. The van der Waals surface area contributed by atoms with Crippen molar-refractivity contribution in [2.24, 2.45) is 0 Å². The number of likely N-dealkylation sites (tertiary alicyclic amines) is 1. The number of carboxylic acids is 1. The molecule has 0 spiro atoms. The second-order valence-electron chi connectivity index (χ2n) is 4.60. The Labute approximate surface area is 117 Å². The van der Waals surface area contributed by atoms with Gasteiger partial charge in [0.15, 0.2) is 0 Å². The van der Waals surface area contributed by atoms with Crippen molar-refractivity contribution in [1.82, 2.24) is 4.90 Å². The monoisotopic (exact) mass is 275 g/mol. The van der Waals surface area contributed by atoms with E-state index in [1.165, 1.54) is 11.0 Å². The highest BCUT2D eigenvalue weighted by Gasteiger charge is 2.32. The Bertz CT molecular complexity index is 538. The topological polar surface area (TPSA) is 66.8 Å². The van der Waals surface area contributed by atoms with Gasteiger partial charge in [0, 0.05) is 18.2 Å². The zero-order chi connectivity index (χ0) is 14.5. The first-order valence-electron chi connectivity index (χ1n) is 6.48. The summed E-state index contributed by atoms with van der Waals surface area (Å²) in [6, 6.07) is 6.63. The molecular formula is C15H17NO4. The Morgan fingerprint density at radius 2 is 2.15 bits per heavy atom. The number of para-hydroxylation sites is 1. The van der Waals surface area contributed by atoms with E-state index in [0.717, 1.165) is 12.0 Å². The molecule has 1 aromatic carbocycles. The number of hydrogen-bond donors (Lipinski definition) is 1. The van der Waals surface area contributed by atoms with Gasteiger partial charge in [0.2, 0.25) is 5.91 Å². The molecule has 5 nitrogen and oxygen atoms in total. The highest BCUT2D eigenvalue weighted by molar-refractivity contribution is 5.95. The third kappa shape index (κ3) is 2.99. The van der Waals surface area contributed by atoms with Crippen molar-refractivity contribution in [3.05, 3.63) is 35.9 Å². The van der Waals surface area contributed by atoms with Crippen molar-refractivity contribution in [3.63, 3.8) is 0 Å². The third-order valence-corrected chi connectivity index (χ3v) is 3.37. The van der Waals surface area contributed by atoms with Gasteiger partial charge < -0.3 is 14.7 Å². The first-order valence-corrected chi connectivity index (χ1v) is 6.48. The normalized spacial score (nSPS) is 18.4. The Kier molecular flexibility index (Phi) is 4.40. The fourth-order valence-corrected chi connectivity index (χ4v) is 2.35. The summed E-state index contributed by atoms with van der Waals surface area (Å²) in [6.45, 7) is 0.492. The molecule has 0 radical (unpaired) electrons. The van der Waals surface area contributed by atoms with E-state index < -0.39 is 12.0 Å². The average molecular weight is 275 g/mol. The SMILES string of the molecule is COc1ccccc1/C=C/C(=O)N1CCCC1C(=O)O. The maximum absolute atomic E-state index is 12.1. The predicted octanol–water partition coefficient (Wildman–Crippen LogP) is 1.78. The summed E-state index contributed by atoms with van der Waals surface area (Å²) in [4.78, 5) is 24.5. The molecule has 1 saturated heterocycles. The highest BCUT2D eigenvalue weighted by Crippen LogP contribution is 2.21. The number of hydrogen-bond acceptors (Lipinski definition) is 3. The molecule has 0 aliphatic carbocycles. The molecular weight excluding hydrogens is 258 g/mol. The molecule has 0 bridgehead atoms. The van der Waals surface area contributed by atoms with E-state index in [2.05, 4.69) is 0 Å². The Hall–Kier alpha value is -2.30. The lowest BCUT2D eigenvalue weighted by molar-refractivity contribution is -0.146. The molecule has 1 N–H and O–H groups in total. The van der Waals surface area contributed by atoms with Crippen molar-refractivity contribution in [2.75, 3.05) is 13.7 Å². The van der Waals surface area contributed by atoms with Crippen molar-refractivity contribution < 1.29 is 19.4 Å². The van der Waals surface area contributed by atoms with E-state index in [-0.39, 0.29) is 5.91 Å². The van der Waals surface area contributed by atoms with Crippen molar-refractivity contribution in [3.8, 4) is 5.75 Å². The van der Waals surface area contributed by atoms with E-state index in [4.69, 9.17) is 9.84 Å². The summed E-state index contributed by atoms with van der Waals surface area (Å²) in [5.41, 5.74) is 0.787. The van der Waals surface area contributed by atoms with Crippen LogP contribution in [0.3, 0.4) is 0 Å². The van der Waals surface area contributed by atoms with Gasteiger partial charge in [-0.25, -0.2) is 4.79 Å². The molecule has 1 fully saturated rings. The van der Waals surface area contributed by atoms with Crippen LogP contribution in [-0.2, 0) is 9.59 Å². The highest BCUT2D eigenvalue weighted by atomic mass is 16.5. The van der Waals surface area contributed by atoms with Gasteiger partial charge >= 0.3 is 5.97 Å². The lowest BCUT2D eigenvalue weighted by atomic mass is 10.2. The van der Waals surface area contributed by atoms with Crippen LogP contribution in [0.5, 0.6) is 5.75 Å². The van der Waals surface area contributed by atoms with Gasteiger partial charge in [0.25, 0.3) is 0 Å². The van der Waals surface area contributed by atoms with E-state index in [1.807, 2.05) is 18.2 Å². The molecule has 1 aliphatic rings. The van der Waals surface area contributed by atoms with Crippen LogP contribution in [0.2, 0.25) is 0 Å². The number of rotatable bonds is 4. The number of methoxy groups -OCH3 is 1. The summed E-state index contributed by atoms with van der Waals surface area (Å²) in [6.07, 6.45) is 4.30. The van der Waals surface area contributed by atoms with Gasteiger partial charge in [-0.1, -0.05) is 18.2 Å². The summed E-state index contributed by atoms with van der Waals surface area (Å²) < 4.78 is 5.19. The minimum absolute atomic E-state index is 0.277. The van der Waals surface area contributed by atoms with Crippen LogP contribution in [0.15, 0.2) is 30.3 Å². The number of benzene rings is 1. The molecule has 0 saturated carbocycles. The largest absolute Gasteiger partial charge is 0.496 e. The van der Waals surface area contributed by atoms with Crippen molar-refractivity contribution >= 4 is 18.0 Å². The molecule has 1 unspecified atom stereocenters. The molecule has 1 atom stereocenters. The average Bonchev–Trinajstić information content (AvgIpc) is 2.94. The molecule has 1 aliphatic heterocycles. The number of carbonyl (C=O) groups is 2. The van der Waals surface area contributed by atoms with Crippen molar-refractivity contribution in [1.29, 1.82) is 0 Å². The van der Waals surface area contributed by atoms with Crippen LogP contribution < -0.4 is 4.74 Å². The zero-order valence-electron chi connectivity index (χ0n) is 11.3. The van der Waals surface area contributed by atoms with Crippen molar-refractivity contribution in [2.45, 2.75) is 18.9 Å². The number of carbonyl (C=O) groups excluding carboxylic acids is 1. The van der Waals surface area contributed by atoms with Crippen LogP contribution in [0.1, 0.15) is 18.4 Å². The van der Waals surface area contributed by atoms with E-state index in [9.17, 15) is 9.59 Å². The van der Waals surface area contributed by atoms with E-state index >= 15 is 0 Å². The lowest BCUT2D eigenvalue weighted by Gasteiger charge is -2.19. The second kappa shape index (κ2) is 6.23. The molecule has 1 heterocycles. The maximum Gasteiger partial charge on any atom is 0.326 e. The number of aliphatic carboxylic acids is 1. The van der Waals surface area contributed by atoms with Crippen LogP contribution >= 0.6 is 0 Å². The molecule has 1 aromatic rings. The maximum atomic E-state index is 12.1. The Morgan fingerprint density at radius 3 is 2.85 bits per heavy atom. The summed E-state index contributed by atoms with van der Waals surface area (Å²) >= 11 is 0. The number of ether oxygens (including phenoxy) is 1. The van der Waals surface area contributed by atoms with Gasteiger partial charge in [-0.05, 0) is 25.0 Å². The summed E-state index contributed by atoms with van der Waals surface area (Å²) in [5, 5.41) is 9.06. The van der Waals surface area contributed by atoms with Gasteiger partial charge in [-0.3, -0.25) is 4.79 Å². The third-order valence-electron chi connectivity index (χ3n) is 3.37. The first-order chi connectivity index (χ1) is 9.63. The Morgan fingerprint density at radius 1 is 1.40 bits per heavy atom. The minimum Gasteiger partial charge on any atom is -0.496 e. The van der Waals surface area contributed by atoms with Gasteiger partial charge in [-0.2, -0.15) is 0 Å². The first kappa shape index (κ1) is 14.1. The van der Waals surface area contributed by atoms with E-state index in [0.29, 0.717) is 18.7 Å². The minimum atomic E-state index is -0.943. The fourth-order valence-electron chi connectivity index (χ4n) is 2.35. The summed E-state index contributed by atoms with van der Waals surface area (Å²) in [7, 11) is 1.56. The molecule has 20 heavy (non-hydrogen) atoms. The fraction of sp³-hybridized carbons (Fsp3) is 0.333. The van der Waals surface area contributed by atoms with Gasteiger partial charge in [0.1, 0.15) is 11.8 Å². The molecule has 106 valence electrons. The van der Waals surface area contributed by atoms with Gasteiger partial charge in [-0.15, -0.1) is 0 Å². The van der Waals surface area contributed by atoms with E-state index in [1.54, 1.807) is 19.3 Å². The Balaban J connectivity index is 2.11. The quantitative estimate of drug-likeness (QED) is 0.851. The molecule has 5 heteroatoms. The van der Waals surface area contributed by atoms with Crippen LogP contribution in [0.25, 0.3) is 6.08 Å². The number of amides is 1. The molecule has 1 amide bonds. The predicted molar refractivity (Wildman–Crippen MR) is 74.4 cm³/mol. The lowest BCUT2D eigenvalue weighted by Crippen LogP contribution is -2.39. The molecule has 2 rings (SSSR count). The van der Waals surface area contributed by atoms with Crippen LogP contribution in [0.4, 0.5) is 0 Å².